The molecule has 1 amide bonds. The van der Waals surface area contributed by atoms with E-state index in [0.717, 1.165) is 0 Å². The second kappa shape index (κ2) is 5.50. The lowest BCUT2D eigenvalue weighted by atomic mass is 10.4. The number of carboxylic acid groups (broad SMARTS) is 1. The average Bonchev–Trinajstić information content (AvgIpc) is 1.97. The quantitative estimate of drug-likeness (QED) is 0.384. The van der Waals surface area contributed by atoms with Crippen LogP contribution in [0.15, 0.2) is 0 Å². The lowest BCUT2D eigenvalue weighted by Crippen LogP contribution is -2.40. The minimum atomic E-state index is -4.46. The van der Waals surface area contributed by atoms with Crippen LogP contribution >= 0.6 is 20.2 Å². The van der Waals surface area contributed by atoms with Gasteiger partial charge < -0.3 is 19.8 Å². The third kappa shape index (κ3) is 6.51. The van der Waals surface area contributed by atoms with Gasteiger partial charge in [-0.05, 0) is 6.92 Å². The molecule has 0 rings (SSSR count). The first-order valence-corrected chi connectivity index (χ1v) is 6.18. The van der Waals surface area contributed by atoms with E-state index >= 15 is 0 Å². The van der Waals surface area contributed by atoms with Crippen LogP contribution in [0.1, 0.15) is 6.92 Å². The topological polar surface area (TPSA) is 115 Å². The van der Waals surface area contributed by atoms with Gasteiger partial charge in [0.15, 0.2) is 0 Å². The van der Waals surface area contributed by atoms with Crippen molar-refractivity contribution in [2.75, 3.05) is 12.8 Å². The van der Waals surface area contributed by atoms with E-state index in [1.165, 1.54) is 6.92 Å². The van der Waals surface area contributed by atoms with E-state index in [1.807, 2.05) is 0 Å². The maximum absolute atomic E-state index is 11.3. The maximum Gasteiger partial charge on any atom is 0.344 e. The van der Waals surface area contributed by atoms with Gasteiger partial charge in [-0.15, -0.1) is 0 Å². The van der Waals surface area contributed by atoms with E-state index in [-0.39, 0.29) is 0 Å². The minimum absolute atomic E-state index is 0.570. The van der Waals surface area contributed by atoms with Gasteiger partial charge >= 0.3 is 13.6 Å². The molecule has 88 valence electrons. The Labute approximate surface area is 91.6 Å². The molecule has 0 radical (unpaired) electrons. The summed E-state index contributed by atoms with van der Waals surface area (Å²) in [6, 6.07) is 0. The first kappa shape index (κ1) is 14.4. The van der Waals surface area contributed by atoms with E-state index in [2.05, 4.69) is 12.6 Å². The van der Waals surface area contributed by atoms with Crippen molar-refractivity contribution in [3.8, 4) is 0 Å². The number of rotatable bonds is 5. The van der Waals surface area contributed by atoms with Crippen LogP contribution in [0.5, 0.6) is 0 Å². The van der Waals surface area contributed by atoms with Crippen LogP contribution in [0.2, 0.25) is 0 Å². The lowest BCUT2D eigenvalue weighted by Gasteiger charge is -2.22. The van der Waals surface area contributed by atoms with Gasteiger partial charge in [0, 0.05) is 0 Å². The molecule has 1 atom stereocenters. The fourth-order valence-corrected chi connectivity index (χ4v) is 1.69. The first-order valence-electron chi connectivity index (χ1n) is 3.86. The molecule has 0 aromatic rings. The fourth-order valence-electron chi connectivity index (χ4n) is 0.847. The van der Waals surface area contributed by atoms with Crippen molar-refractivity contribution in [1.29, 1.82) is 0 Å². The van der Waals surface area contributed by atoms with Gasteiger partial charge in [0.05, 0.1) is 5.25 Å². The van der Waals surface area contributed by atoms with Crippen molar-refractivity contribution >= 4 is 32.1 Å². The van der Waals surface area contributed by atoms with Gasteiger partial charge in [-0.1, -0.05) is 0 Å². The molecule has 0 spiro atoms. The molecule has 0 fully saturated rings. The van der Waals surface area contributed by atoms with Gasteiger partial charge in [0.2, 0.25) is 5.91 Å². The summed E-state index contributed by atoms with van der Waals surface area (Å²) in [5.74, 6) is -2.07. The summed E-state index contributed by atoms with van der Waals surface area (Å²) in [6.45, 7) is 0.634. The zero-order valence-electron chi connectivity index (χ0n) is 7.90. The number of hydrogen-bond acceptors (Lipinski definition) is 4. The zero-order chi connectivity index (χ0) is 12.2. The highest BCUT2D eigenvalue weighted by Gasteiger charge is 2.27. The molecule has 0 aliphatic carbocycles. The number of carboxylic acids is 1. The Balaban J connectivity index is 4.66. The number of thiol groups is 1. The molecule has 3 N–H and O–H groups in total. The summed E-state index contributed by atoms with van der Waals surface area (Å²) < 4.78 is 10.6. The zero-order valence-corrected chi connectivity index (χ0v) is 9.69. The summed E-state index contributed by atoms with van der Waals surface area (Å²) in [6.07, 6.45) is -0.914. The third-order valence-electron chi connectivity index (χ3n) is 1.35. The molecule has 0 saturated carbocycles. The average molecular weight is 257 g/mol. The van der Waals surface area contributed by atoms with Gasteiger partial charge in [0.25, 0.3) is 0 Å². The first-order chi connectivity index (χ1) is 6.63. The van der Waals surface area contributed by atoms with Crippen LogP contribution in [0.25, 0.3) is 0 Å². The van der Waals surface area contributed by atoms with Crippen LogP contribution in [0.3, 0.4) is 0 Å². The van der Waals surface area contributed by atoms with Crippen LogP contribution in [-0.4, -0.2) is 49.8 Å². The van der Waals surface area contributed by atoms with Crippen LogP contribution in [0, 0.1) is 0 Å². The van der Waals surface area contributed by atoms with Gasteiger partial charge in [-0.25, -0.2) is 0 Å². The minimum Gasteiger partial charge on any atom is -0.480 e. The summed E-state index contributed by atoms with van der Waals surface area (Å²) in [7, 11) is -4.46. The van der Waals surface area contributed by atoms with Crippen molar-refractivity contribution < 1.29 is 29.0 Å². The van der Waals surface area contributed by atoms with Gasteiger partial charge in [0.1, 0.15) is 12.8 Å². The van der Waals surface area contributed by atoms with Crippen molar-refractivity contribution in [2.45, 2.75) is 12.2 Å². The van der Waals surface area contributed by atoms with Crippen molar-refractivity contribution in [3.63, 3.8) is 0 Å². The standard InChI is InChI=1S/C6H12NO6PS/c1-4(15)6(10)7(2-5(8)9)3-14(11,12)13/h4,15H,2-3H2,1H3,(H,8,9)(H2,11,12,13). The van der Waals surface area contributed by atoms with Gasteiger partial charge in [-0.2, -0.15) is 12.6 Å². The smallest absolute Gasteiger partial charge is 0.344 e. The number of carbonyl (C=O) groups excluding carboxylic acids is 1. The monoisotopic (exact) mass is 257 g/mol. The summed E-state index contributed by atoms with van der Waals surface area (Å²) in [5, 5.41) is 7.63. The molecule has 1 unspecified atom stereocenters. The largest absolute Gasteiger partial charge is 0.480 e. The van der Waals surface area contributed by atoms with Crippen LogP contribution in [0.4, 0.5) is 0 Å². The third-order valence-corrected chi connectivity index (χ3v) is 2.28. The second-order valence-electron chi connectivity index (χ2n) is 2.91. The van der Waals surface area contributed by atoms with E-state index in [1.54, 1.807) is 0 Å². The highest BCUT2D eigenvalue weighted by molar-refractivity contribution is 7.81. The number of nitrogens with zero attached hydrogens (tertiary/aromatic N) is 1. The molecule has 0 bridgehead atoms. The molecule has 0 aliphatic heterocycles. The second-order valence-corrected chi connectivity index (χ2v) is 5.30. The van der Waals surface area contributed by atoms with Gasteiger partial charge in [-0.3, -0.25) is 14.2 Å². The Morgan fingerprint density at radius 1 is 1.47 bits per heavy atom. The SMILES string of the molecule is CC(S)C(=O)N(CC(=O)O)CP(=O)(O)O. The molecule has 15 heavy (non-hydrogen) atoms. The van der Waals surface area contributed by atoms with Crippen molar-refractivity contribution in [3.05, 3.63) is 0 Å². The summed E-state index contributed by atoms with van der Waals surface area (Å²) >= 11 is 3.77. The Kier molecular flexibility index (Phi) is 5.30. The summed E-state index contributed by atoms with van der Waals surface area (Å²) in [4.78, 5) is 39.5. The van der Waals surface area contributed by atoms with E-state index in [0.29, 0.717) is 4.90 Å². The van der Waals surface area contributed by atoms with Crippen LogP contribution in [-0.2, 0) is 14.2 Å². The molecule has 0 aliphatic rings. The highest BCUT2D eigenvalue weighted by atomic mass is 32.1. The fraction of sp³-hybridized carbons (Fsp3) is 0.667. The maximum atomic E-state index is 11.3. The van der Waals surface area contributed by atoms with E-state index < -0.39 is 37.6 Å². The molecule has 0 aromatic heterocycles. The predicted molar refractivity (Wildman–Crippen MR) is 54.7 cm³/mol. The Hall–Kier alpha value is -0.560. The molecular formula is C6H12NO6PS. The van der Waals surface area contributed by atoms with E-state index in [4.69, 9.17) is 14.9 Å². The summed E-state index contributed by atoms with van der Waals surface area (Å²) in [5.41, 5.74) is 0. The predicted octanol–water partition coefficient (Wildman–Crippen LogP) is -0.647. The Morgan fingerprint density at radius 2 is 1.93 bits per heavy atom. The normalized spacial score (nSPS) is 13.3. The number of aliphatic carboxylic acids is 1. The van der Waals surface area contributed by atoms with Crippen molar-refractivity contribution in [1.82, 2.24) is 4.90 Å². The van der Waals surface area contributed by atoms with Crippen LogP contribution < -0.4 is 0 Å². The number of hydrogen-bond donors (Lipinski definition) is 4. The number of amides is 1. The molecular weight excluding hydrogens is 245 g/mol. The molecule has 0 saturated heterocycles. The molecule has 0 aromatic carbocycles. The highest BCUT2D eigenvalue weighted by Crippen LogP contribution is 2.35. The molecule has 7 nitrogen and oxygen atoms in total. The van der Waals surface area contributed by atoms with Crippen molar-refractivity contribution in [2.24, 2.45) is 0 Å². The number of carbonyl (C=O) groups is 2. The Morgan fingerprint density at radius 3 is 2.20 bits per heavy atom. The lowest BCUT2D eigenvalue weighted by molar-refractivity contribution is -0.143. The molecule has 0 heterocycles. The van der Waals surface area contributed by atoms with E-state index in [9.17, 15) is 14.2 Å². The Bertz CT molecular complexity index is 300. The molecule has 9 heteroatoms.